The van der Waals surface area contributed by atoms with Crippen LogP contribution in [0.3, 0.4) is 0 Å². The first-order chi connectivity index (χ1) is 8.18. The van der Waals surface area contributed by atoms with Gasteiger partial charge < -0.3 is 5.73 Å². The van der Waals surface area contributed by atoms with Crippen LogP contribution in [0, 0.1) is 30.5 Å². The Kier molecular flexibility index (Phi) is 2.70. The van der Waals surface area contributed by atoms with Gasteiger partial charge in [0.05, 0.1) is 0 Å². The van der Waals surface area contributed by atoms with Gasteiger partial charge in [-0.15, -0.1) is 0 Å². The number of rotatable bonds is 2. The van der Waals surface area contributed by atoms with Gasteiger partial charge in [-0.05, 0) is 54.7 Å². The van der Waals surface area contributed by atoms with Crippen LogP contribution in [-0.4, -0.2) is 0 Å². The minimum absolute atomic E-state index is 0.113. The second kappa shape index (κ2) is 4.09. The van der Waals surface area contributed by atoms with E-state index in [9.17, 15) is 4.39 Å². The molecule has 3 unspecified atom stereocenters. The van der Waals surface area contributed by atoms with Gasteiger partial charge in [0.1, 0.15) is 5.82 Å². The third kappa shape index (κ3) is 1.89. The van der Waals surface area contributed by atoms with Gasteiger partial charge in [0.2, 0.25) is 0 Å². The highest BCUT2D eigenvalue weighted by Gasteiger charge is 2.53. The predicted octanol–water partition coefficient (Wildman–Crippen LogP) is 3.57. The summed E-state index contributed by atoms with van der Waals surface area (Å²) in [4.78, 5) is 0. The van der Waals surface area contributed by atoms with Crippen LogP contribution in [0.4, 0.5) is 4.39 Å². The van der Waals surface area contributed by atoms with Crippen LogP contribution in [0.2, 0.25) is 0 Å². The summed E-state index contributed by atoms with van der Waals surface area (Å²) in [7, 11) is 0. The number of aryl methyl sites for hydroxylation is 1. The molecule has 0 bridgehead atoms. The Bertz CT molecular complexity index is 417. The molecule has 17 heavy (non-hydrogen) atoms. The van der Waals surface area contributed by atoms with Crippen LogP contribution in [0.25, 0.3) is 0 Å². The Morgan fingerprint density at radius 1 is 1.24 bits per heavy atom. The van der Waals surface area contributed by atoms with Gasteiger partial charge in [-0.2, -0.15) is 0 Å². The quantitative estimate of drug-likeness (QED) is 0.830. The maximum Gasteiger partial charge on any atom is 0.126 e. The molecular formula is C15H20FN. The van der Waals surface area contributed by atoms with Crippen LogP contribution < -0.4 is 5.73 Å². The standard InChI is InChI=1S/C15H20FN/c1-9-8-10(6-7-13(9)16)15(17)14-11-4-2-3-5-12(11)14/h6-8,11-12,14-15H,2-5,17H2,1H3. The SMILES string of the molecule is Cc1cc(C(N)C2C3CCCCC32)ccc1F. The molecule has 2 saturated carbocycles. The summed E-state index contributed by atoms with van der Waals surface area (Å²) in [6.07, 6.45) is 5.44. The Hall–Kier alpha value is -0.890. The van der Waals surface area contributed by atoms with Gasteiger partial charge >= 0.3 is 0 Å². The summed E-state index contributed by atoms with van der Waals surface area (Å²) in [5.74, 6) is 2.23. The third-order valence-electron chi connectivity index (χ3n) is 4.70. The number of nitrogens with two attached hydrogens (primary N) is 1. The molecule has 0 heterocycles. The normalized spacial score (nSPS) is 33.0. The Balaban J connectivity index is 1.78. The van der Waals surface area contributed by atoms with Crippen molar-refractivity contribution in [2.24, 2.45) is 23.5 Å². The predicted molar refractivity (Wildman–Crippen MR) is 67.0 cm³/mol. The average Bonchev–Trinajstić information content (AvgIpc) is 3.06. The van der Waals surface area contributed by atoms with Gasteiger partial charge in [0.15, 0.2) is 0 Å². The van der Waals surface area contributed by atoms with Crippen molar-refractivity contribution in [3.05, 3.63) is 35.1 Å². The van der Waals surface area contributed by atoms with Crippen LogP contribution >= 0.6 is 0 Å². The highest BCUT2D eigenvalue weighted by Crippen LogP contribution is 2.59. The highest BCUT2D eigenvalue weighted by atomic mass is 19.1. The van der Waals surface area contributed by atoms with E-state index in [1.807, 2.05) is 19.1 Å². The van der Waals surface area contributed by atoms with Gasteiger partial charge in [-0.25, -0.2) is 4.39 Å². The van der Waals surface area contributed by atoms with Crippen molar-refractivity contribution in [1.82, 2.24) is 0 Å². The van der Waals surface area contributed by atoms with Gasteiger partial charge in [0, 0.05) is 6.04 Å². The Labute approximate surface area is 102 Å². The van der Waals surface area contributed by atoms with Crippen molar-refractivity contribution in [3.63, 3.8) is 0 Å². The van der Waals surface area contributed by atoms with E-state index in [1.165, 1.54) is 25.7 Å². The number of hydrogen-bond donors (Lipinski definition) is 1. The van der Waals surface area contributed by atoms with E-state index in [-0.39, 0.29) is 11.9 Å². The fraction of sp³-hybridized carbons (Fsp3) is 0.600. The van der Waals surface area contributed by atoms with E-state index >= 15 is 0 Å². The lowest BCUT2D eigenvalue weighted by Crippen LogP contribution is -2.14. The minimum atomic E-state index is -0.130. The number of hydrogen-bond acceptors (Lipinski definition) is 1. The molecule has 0 aromatic heterocycles. The Morgan fingerprint density at radius 2 is 1.88 bits per heavy atom. The molecule has 0 radical (unpaired) electrons. The third-order valence-corrected chi connectivity index (χ3v) is 4.70. The van der Waals surface area contributed by atoms with Crippen molar-refractivity contribution < 1.29 is 4.39 Å². The first-order valence-corrected chi connectivity index (χ1v) is 6.70. The van der Waals surface area contributed by atoms with Crippen molar-refractivity contribution in [1.29, 1.82) is 0 Å². The summed E-state index contributed by atoms with van der Waals surface area (Å²) in [5.41, 5.74) is 8.18. The van der Waals surface area contributed by atoms with Crippen molar-refractivity contribution >= 4 is 0 Å². The molecule has 92 valence electrons. The molecule has 2 aliphatic carbocycles. The summed E-state index contributed by atoms with van der Waals surface area (Å²) in [6, 6.07) is 5.44. The molecule has 0 aliphatic heterocycles. The molecule has 3 atom stereocenters. The lowest BCUT2D eigenvalue weighted by molar-refractivity contribution is 0.480. The second-order valence-electron chi connectivity index (χ2n) is 5.72. The molecule has 0 spiro atoms. The zero-order valence-electron chi connectivity index (χ0n) is 10.3. The minimum Gasteiger partial charge on any atom is -0.324 e. The monoisotopic (exact) mass is 233 g/mol. The van der Waals surface area contributed by atoms with Gasteiger partial charge in [-0.3, -0.25) is 0 Å². The van der Waals surface area contributed by atoms with E-state index in [1.54, 1.807) is 6.07 Å². The van der Waals surface area contributed by atoms with Gasteiger partial charge in [-0.1, -0.05) is 25.0 Å². The van der Waals surface area contributed by atoms with Crippen molar-refractivity contribution in [3.8, 4) is 0 Å². The van der Waals surface area contributed by atoms with Crippen LogP contribution in [0.15, 0.2) is 18.2 Å². The number of halogens is 1. The van der Waals surface area contributed by atoms with Crippen LogP contribution in [0.5, 0.6) is 0 Å². The first kappa shape index (κ1) is 11.2. The molecule has 2 fully saturated rings. The number of benzene rings is 1. The summed E-state index contributed by atoms with van der Waals surface area (Å²) < 4.78 is 13.2. The lowest BCUT2D eigenvalue weighted by atomic mass is 9.99. The molecule has 2 heteroatoms. The zero-order chi connectivity index (χ0) is 12.0. The van der Waals surface area contributed by atoms with Crippen molar-refractivity contribution in [2.45, 2.75) is 38.6 Å². The van der Waals surface area contributed by atoms with E-state index in [0.29, 0.717) is 11.5 Å². The summed E-state index contributed by atoms with van der Waals surface area (Å²) in [6.45, 7) is 1.81. The van der Waals surface area contributed by atoms with E-state index in [0.717, 1.165) is 17.4 Å². The average molecular weight is 233 g/mol. The van der Waals surface area contributed by atoms with E-state index in [4.69, 9.17) is 5.73 Å². The zero-order valence-corrected chi connectivity index (χ0v) is 10.3. The first-order valence-electron chi connectivity index (χ1n) is 6.70. The fourth-order valence-corrected chi connectivity index (χ4v) is 3.68. The maximum absolute atomic E-state index is 13.2. The summed E-state index contributed by atoms with van der Waals surface area (Å²) in [5, 5.41) is 0. The topological polar surface area (TPSA) is 26.0 Å². The molecule has 1 aromatic rings. The fourth-order valence-electron chi connectivity index (χ4n) is 3.68. The molecule has 1 nitrogen and oxygen atoms in total. The maximum atomic E-state index is 13.2. The molecule has 0 saturated heterocycles. The van der Waals surface area contributed by atoms with Crippen LogP contribution in [0.1, 0.15) is 42.9 Å². The number of fused-ring (bicyclic) bond motifs is 1. The Morgan fingerprint density at radius 3 is 2.47 bits per heavy atom. The van der Waals surface area contributed by atoms with E-state index in [2.05, 4.69) is 0 Å². The molecular weight excluding hydrogens is 213 g/mol. The van der Waals surface area contributed by atoms with E-state index < -0.39 is 0 Å². The van der Waals surface area contributed by atoms with Crippen molar-refractivity contribution in [2.75, 3.05) is 0 Å². The summed E-state index contributed by atoms with van der Waals surface area (Å²) >= 11 is 0. The molecule has 2 aliphatic rings. The smallest absolute Gasteiger partial charge is 0.126 e. The lowest BCUT2D eigenvalue weighted by Gasteiger charge is -2.13. The second-order valence-corrected chi connectivity index (χ2v) is 5.72. The van der Waals surface area contributed by atoms with Crippen LogP contribution in [-0.2, 0) is 0 Å². The highest BCUT2D eigenvalue weighted by molar-refractivity contribution is 5.28. The largest absolute Gasteiger partial charge is 0.324 e. The molecule has 0 amide bonds. The molecule has 1 aromatic carbocycles. The van der Waals surface area contributed by atoms with Gasteiger partial charge in [0.25, 0.3) is 0 Å². The molecule has 2 N–H and O–H groups in total. The molecule has 3 rings (SSSR count).